The Balaban J connectivity index is 1.93. The highest BCUT2D eigenvalue weighted by Gasteiger charge is 2.29. The average molecular weight is 260 g/mol. The second-order valence-corrected chi connectivity index (χ2v) is 4.45. The molecule has 0 bridgehead atoms. The Bertz CT molecular complexity index is 662. The molecule has 2 N–H and O–H groups in total. The lowest BCUT2D eigenvalue weighted by Crippen LogP contribution is -2.50. The van der Waals surface area contributed by atoms with Crippen LogP contribution < -0.4 is 5.32 Å². The molecule has 0 saturated carbocycles. The third kappa shape index (κ3) is 2.01. The molecule has 19 heavy (non-hydrogen) atoms. The Morgan fingerprint density at radius 3 is 3.00 bits per heavy atom. The number of morpholine rings is 1. The first-order valence-electron chi connectivity index (χ1n) is 5.89. The number of hydrogen-bond acceptors (Lipinski definition) is 4. The molecule has 1 saturated heterocycles. The van der Waals surface area contributed by atoms with Gasteiger partial charge in [0.15, 0.2) is 6.61 Å². The van der Waals surface area contributed by atoms with Gasteiger partial charge in [0.25, 0.3) is 5.91 Å². The van der Waals surface area contributed by atoms with Crippen LogP contribution in [0.15, 0.2) is 30.5 Å². The van der Waals surface area contributed by atoms with E-state index in [-0.39, 0.29) is 12.5 Å². The number of rotatable bonds is 2. The van der Waals surface area contributed by atoms with Crippen molar-refractivity contribution in [1.29, 1.82) is 0 Å². The Morgan fingerprint density at radius 1 is 1.37 bits per heavy atom. The van der Waals surface area contributed by atoms with Crippen LogP contribution >= 0.6 is 0 Å². The number of aromatic nitrogens is 1. The fourth-order valence-electron chi connectivity index (χ4n) is 2.28. The summed E-state index contributed by atoms with van der Waals surface area (Å²) in [6, 6.07) is 6.59. The van der Waals surface area contributed by atoms with E-state index < -0.39 is 12.0 Å². The average Bonchev–Trinajstić information content (AvgIpc) is 2.72. The van der Waals surface area contributed by atoms with Crippen LogP contribution in [0.2, 0.25) is 0 Å². The Hall–Kier alpha value is -2.50. The summed E-state index contributed by atoms with van der Waals surface area (Å²) in [5.74, 6) is -0.758. The van der Waals surface area contributed by atoms with Crippen LogP contribution in [0.3, 0.4) is 0 Å². The van der Waals surface area contributed by atoms with Crippen molar-refractivity contribution in [3.05, 3.63) is 36.0 Å². The van der Waals surface area contributed by atoms with Crippen LogP contribution in [0, 0.1) is 0 Å². The van der Waals surface area contributed by atoms with E-state index in [9.17, 15) is 14.8 Å². The third-order valence-electron chi connectivity index (χ3n) is 3.16. The summed E-state index contributed by atoms with van der Waals surface area (Å²) < 4.78 is 5.79. The predicted octanol–water partition coefficient (Wildman–Crippen LogP) is 0.463. The van der Waals surface area contributed by atoms with Gasteiger partial charge in [0.05, 0.1) is 5.52 Å². The van der Waals surface area contributed by atoms with Gasteiger partial charge in [0, 0.05) is 18.0 Å². The molecule has 2 heterocycles. The van der Waals surface area contributed by atoms with Gasteiger partial charge in [-0.15, -0.1) is 0 Å². The molecule has 1 unspecified atom stereocenters. The minimum atomic E-state index is -0.702. The number of carbonyl (C=O) groups excluding carboxylic acids is 2. The molecule has 0 spiro atoms. The van der Waals surface area contributed by atoms with E-state index in [1.165, 1.54) is 0 Å². The molecule has 1 aromatic carbocycles. The molecule has 1 fully saturated rings. The van der Waals surface area contributed by atoms with Gasteiger partial charge in [0.2, 0.25) is 0 Å². The van der Waals surface area contributed by atoms with Crippen molar-refractivity contribution < 1.29 is 19.5 Å². The minimum absolute atomic E-state index is 0.225. The van der Waals surface area contributed by atoms with Gasteiger partial charge in [-0.25, -0.2) is 4.79 Å². The van der Waals surface area contributed by atoms with Crippen LogP contribution in [0.5, 0.6) is 0 Å². The zero-order valence-corrected chi connectivity index (χ0v) is 10.00. The third-order valence-corrected chi connectivity index (χ3v) is 3.16. The molecule has 6 heteroatoms. The molecule has 1 aromatic heterocycles. The van der Waals surface area contributed by atoms with Crippen LogP contribution in [0.25, 0.3) is 10.9 Å². The lowest BCUT2D eigenvalue weighted by Gasteiger charge is -2.21. The second kappa shape index (κ2) is 4.31. The number of nitrogens with zero attached hydrogens (tertiary/aromatic N) is 1. The van der Waals surface area contributed by atoms with Gasteiger partial charge in [-0.3, -0.25) is 4.79 Å². The minimum Gasteiger partial charge on any atom is -0.454 e. The lowest BCUT2D eigenvalue weighted by atomic mass is 10.0. The van der Waals surface area contributed by atoms with E-state index in [0.717, 1.165) is 15.7 Å². The number of benzene rings is 1. The number of ether oxygens (including phenoxy) is 1. The van der Waals surface area contributed by atoms with Gasteiger partial charge in [0.1, 0.15) is 6.04 Å². The molecule has 1 atom stereocenters. The maximum absolute atomic E-state index is 11.6. The smallest absolute Gasteiger partial charge is 0.329 e. The van der Waals surface area contributed by atoms with E-state index >= 15 is 0 Å². The van der Waals surface area contributed by atoms with E-state index in [1.54, 1.807) is 12.3 Å². The maximum atomic E-state index is 11.6. The quantitative estimate of drug-likeness (QED) is 0.607. The lowest BCUT2D eigenvalue weighted by molar-refractivity contribution is -0.157. The molecule has 0 aliphatic carbocycles. The topological polar surface area (TPSA) is 80.6 Å². The summed E-state index contributed by atoms with van der Waals surface area (Å²) in [6.45, 7) is -0.225. The van der Waals surface area contributed by atoms with Crippen LogP contribution in [0.4, 0.5) is 0 Å². The molecular formula is C13H12N2O4. The molecule has 1 aliphatic rings. The number of hydrogen-bond donors (Lipinski definition) is 2. The van der Waals surface area contributed by atoms with Gasteiger partial charge < -0.3 is 15.3 Å². The largest absolute Gasteiger partial charge is 0.454 e. The first kappa shape index (κ1) is 11.6. The fourth-order valence-corrected chi connectivity index (χ4v) is 2.28. The Kier molecular flexibility index (Phi) is 2.63. The molecule has 1 amide bonds. The highest BCUT2D eigenvalue weighted by Crippen LogP contribution is 2.21. The monoisotopic (exact) mass is 260 g/mol. The summed E-state index contributed by atoms with van der Waals surface area (Å²) in [6.07, 6.45) is 1.83. The number of carbonyl (C=O) groups is 2. The molecular weight excluding hydrogens is 248 g/mol. The molecule has 98 valence electrons. The molecule has 2 aromatic rings. The van der Waals surface area contributed by atoms with Crippen LogP contribution in [-0.2, 0) is 20.7 Å². The molecule has 6 nitrogen and oxygen atoms in total. The van der Waals surface area contributed by atoms with Crippen molar-refractivity contribution in [1.82, 2.24) is 10.0 Å². The van der Waals surface area contributed by atoms with Crippen molar-refractivity contribution in [2.45, 2.75) is 12.5 Å². The van der Waals surface area contributed by atoms with E-state index in [1.807, 2.05) is 18.2 Å². The molecule has 3 rings (SSSR count). The maximum Gasteiger partial charge on any atom is 0.329 e. The number of amides is 1. The predicted molar refractivity (Wildman–Crippen MR) is 65.7 cm³/mol. The van der Waals surface area contributed by atoms with Crippen molar-refractivity contribution in [2.24, 2.45) is 0 Å². The van der Waals surface area contributed by atoms with Gasteiger partial charge in [-0.2, -0.15) is 4.73 Å². The Morgan fingerprint density at radius 2 is 2.16 bits per heavy atom. The summed E-state index contributed by atoms with van der Waals surface area (Å²) in [7, 11) is 0. The van der Waals surface area contributed by atoms with Crippen molar-refractivity contribution in [3.8, 4) is 0 Å². The van der Waals surface area contributed by atoms with Crippen LogP contribution in [0.1, 0.15) is 5.56 Å². The van der Waals surface area contributed by atoms with Gasteiger partial charge >= 0.3 is 5.97 Å². The summed E-state index contributed by atoms with van der Waals surface area (Å²) in [5.41, 5.74) is 1.44. The Labute approximate surface area is 108 Å². The number of cyclic esters (lactones) is 1. The van der Waals surface area contributed by atoms with E-state index in [4.69, 9.17) is 4.74 Å². The van der Waals surface area contributed by atoms with E-state index in [0.29, 0.717) is 11.9 Å². The van der Waals surface area contributed by atoms with Gasteiger partial charge in [-0.1, -0.05) is 18.2 Å². The SMILES string of the molecule is O=C1COC(=O)C(Cc2cn(O)c3ccccc23)N1. The second-order valence-electron chi connectivity index (χ2n) is 4.45. The van der Waals surface area contributed by atoms with Crippen molar-refractivity contribution in [3.63, 3.8) is 0 Å². The van der Waals surface area contributed by atoms with Crippen LogP contribution in [-0.4, -0.2) is 34.5 Å². The van der Waals surface area contributed by atoms with Gasteiger partial charge in [-0.05, 0) is 11.6 Å². The standard InChI is InChI=1S/C13H12N2O4/c16-12-7-19-13(17)10(14-12)5-8-6-15(18)11-4-2-1-3-9(8)11/h1-4,6,10,18H,5,7H2,(H,14,16). The summed E-state index contributed by atoms with van der Waals surface area (Å²) in [5, 5.41) is 13.2. The first-order valence-corrected chi connectivity index (χ1v) is 5.89. The zero-order valence-electron chi connectivity index (χ0n) is 10.00. The van der Waals surface area contributed by atoms with E-state index in [2.05, 4.69) is 5.32 Å². The first-order chi connectivity index (χ1) is 9.15. The highest BCUT2D eigenvalue weighted by atomic mass is 16.5. The summed E-state index contributed by atoms with van der Waals surface area (Å²) >= 11 is 0. The molecule has 0 radical (unpaired) electrons. The fraction of sp³-hybridized carbons (Fsp3) is 0.231. The van der Waals surface area contributed by atoms with Crippen molar-refractivity contribution >= 4 is 22.8 Å². The number of fused-ring (bicyclic) bond motifs is 1. The molecule has 1 aliphatic heterocycles. The highest BCUT2D eigenvalue weighted by molar-refractivity contribution is 5.91. The number of nitrogens with one attached hydrogen (secondary N) is 1. The zero-order chi connectivity index (χ0) is 13.4. The number of esters is 1. The normalized spacial score (nSPS) is 19.3. The number of para-hydroxylation sites is 1. The summed E-state index contributed by atoms with van der Waals surface area (Å²) in [4.78, 5) is 22.8. The van der Waals surface area contributed by atoms with Crippen molar-refractivity contribution in [2.75, 3.05) is 6.61 Å².